The molecule has 0 aliphatic carbocycles. The second-order valence-corrected chi connectivity index (χ2v) is 7.66. The largest absolute Gasteiger partial charge is 0.336 e. The summed E-state index contributed by atoms with van der Waals surface area (Å²) < 4.78 is 0.804. The van der Waals surface area contributed by atoms with Crippen molar-refractivity contribution in [2.24, 2.45) is 0 Å². The molecule has 3 rings (SSSR count). The third-order valence-electron chi connectivity index (χ3n) is 4.64. The first-order valence-corrected chi connectivity index (χ1v) is 9.65. The first-order valence-electron chi connectivity index (χ1n) is 8.85. The third-order valence-corrected chi connectivity index (χ3v) is 5.44. The molecule has 1 aliphatic rings. The molecule has 5 nitrogen and oxygen atoms in total. The average Bonchev–Trinajstić information content (AvgIpc) is 2.84. The lowest BCUT2D eigenvalue weighted by Crippen LogP contribution is -2.35. The average molecular weight is 405 g/mol. The normalized spacial score (nSPS) is 16.2. The molecule has 0 spiro atoms. The summed E-state index contributed by atoms with van der Waals surface area (Å²) in [5.74, 6) is 0.311. The van der Waals surface area contributed by atoms with Gasteiger partial charge >= 0.3 is 0 Å². The molecular weight excluding hydrogens is 380 g/mol. The fraction of sp³-hybridized carbons (Fsp3) is 0.474. The van der Waals surface area contributed by atoms with E-state index in [2.05, 4.69) is 69.1 Å². The van der Waals surface area contributed by atoms with Gasteiger partial charge in [-0.15, -0.1) is 0 Å². The van der Waals surface area contributed by atoms with Gasteiger partial charge in [-0.25, -0.2) is 0 Å². The Morgan fingerprint density at radius 1 is 1.20 bits per heavy atom. The van der Waals surface area contributed by atoms with Crippen molar-refractivity contribution in [1.82, 2.24) is 20.0 Å². The molecule has 2 heterocycles. The van der Waals surface area contributed by atoms with E-state index in [9.17, 15) is 4.79 Å². The lowest BCUT2D eigenvalue weighted by Gasteiger charge is -2.21. The highest BCUT2D eigenvalue weighted by atomic mass is 79.9. The van der Waals surface area contributed by atoms with Gasteiger partial charge in [-0.05, 0) is 33.8 Å². The van der Waals surface area contributed by atoms with Crippen LogP contribution < -0.4 is 0 Å². The van der Waals surface area contributed by atoms with Crippen molar-refractivity contribution in [3.63, 3.8) is 0 Å². The Kier molecular flexibility index (Phi) is 5.91. The number of hydrogen-bond donors (Lipinski definition) is 1. The predicted molar refractivity (Wildman–Crippen MR) is 103 cm³/mol. The van der Waals surface area contributed by atoms with Crippen molar-refractivity contribution >= 4 is 21.8 Å². The van der Waals surface area contributed by atoms with Crippen LogP contribution in [-0.2, 0) is 6.54 Å². The van der Waals surface area contributed by atoms with Gasteiger partial charge in [-0.2, -0.15) is 5.10 Å². The standard InChI is InChI=1S/C19H25BrN4O/c1-14(2)17-16(20)18(22-21-17)19(25)24-10-6-9-23(11-12-24)13-15-7-4-3-5-8-15/h3-5,7-8,14H,6,9-13H2,1-2H3,(H,21,22). The Hall–Kier alpha value is -1.66. The van der Waals surface area contributed by atoms with Crippen molar-refractivity contribution in [1.29, 1.82) is 0 Å². The molecule has 0 radical (unpaired) electrons. The number of nitrogens with zero attached hydrogens (tertiary/aromatic N) is 3. The van der Waals surface area contributed by atoms with Gasteiger partial charge in [0.05, 0.1) is 10.2 Å². The summed E-state index contributed by atoms with van der Waals surface area (Å²) in [4.78, 5) is 17.2. The van der Waals surface area contributed by atoms with E-state index < -0.39 is 0 Å². The number of carbonyl (C=O) groups excluding carboxylic acids is 1. The fourth-order valence-corrected chi connectivity index (χ4v) is 3.99. The maximum Gasteiger partial charge on any atom is 0.275 e. The summed E-state index contributed by atoms with van der Waals surface area (Å²) in [5, 5.41) is 7.25. The van der Waals surface area contributed by atoms with E-state index in [0.717, 1.165) is 49.3 Å². The number of benzene rings is 1. The van der Waals surface area contributed by atoms with Crippen molar-refractivity contribution in [3.8, 4) is 0 Å². The first kappa shape index (κ1) is 18.1. The zero-order valence-electron chi connectivity index (χ0n) is 14.8. The molecule has 1 fully saturated rings. The minimum Gasteiger partial charge on any atom is -0.336 e. The maximum absolute atomic E-state index is 12.9. The smallest absolute Gasteiger partial charge is 0.275 e. The van der Waals surface area contributed by atoms with Gasteiger partial charge in [0, 0.05) is 32.7 Å². The summed E-state index contributed by atoms with van der Waals surface area (Å²) in [7, 11) is 0. The second kappa shape index (κ2) is 8.15. The number of halogens is 1. The van der Waals surface area contributed by atoms with Gasteiger partial charge < -0.3 is 4.90 Å². The minimum atomic E-state index is 0.0107. The zero-order chi connectivity index (χ0) is 17.8. The topological polar surface area (TPSA) is 52.2 Å². The maximum atomic E-state index is 12.9. The Morgan fingerprint density at radius 2 is 1.96 bits per heavy atom. The van der Waals surface area contributed by atoms with Crippen LogP contribution in [-0.4, -0.2) is 52.1 Å². The van der Waals surface area contributed by atoms with Gasteiger partial charge in [0.15, 0.2) is 5.69 Å². The molecule has 0 saturated carbocycles. The van der Waals surface area contributed by atoms with E-state index in [0.29, 0.717) is 11.6 Å². The third kappa shape index (κ3) is 4.30. The molecule has 1 aromatic heterocycles. The zero-order valence-corrected chi connectivity index (χ0v) is 16.4. The molecule has 0 atom stereocenters. The van der Waals surface area contributed by atoms with Crippen LogP contribution in [0, 0.1) is 0 Å². The highest BCUT2D eigenvalue weighted by molar-refractivity contribution is 9.10. The molecular formula is C19H25BrN4O. The molecule has 1 N–H and O–H groups in total. The Bertz CT molecular complexity index is 713. The minimum absolute atomic E-state index is 0.0107. The number of aromatic amines is 1. The molecule has 25 heavy (non-hydrogen) atoms. The fourth-order valence-electron chi connectivity index (χ4n) is 3.19. The van der Waals surface area contributed by atoms with Crippen LogP contribution in [0.2, 0.25) is 0 Å². The van der Waals surface area contributed by atoms with E-state index in [1.807, 2.05) is 11.0 Å². The van der Waals surface area contributed by atoms with Crippen LogP contribution in [0.3, 0.4) is 0 Å². The lowest BCUT2D eigenvalue weighted by molar-refractivity contribution is 0.0754. The van der Waals surface area contributed by atoms with Crippen LogP contribution in [0.15, 0.2) is 34.8 Å². The molecule has 1 aliphatic heterocycles. The van der Waals surface area contributed by atoms with Crippen LogP contribution in [0.25, 0.3) is 0 Å². The van der Waals surface area contributed by atoms with E-state index in [1.54, 1.807) is 0 Å². The quantitative estimate of drug-likeness (QED) is 0.845. The van der Waals surface area contributed by atoms with Crippen molar-refractivity contribution in [2.75, 3.05) is 26.2 Å². The molecule has 2 aromatic rings. The van der Waals surface area contributed by atoms with Gasteiger partial charge in [0.2, 0.25) is 0 Å². The highest BCUT2D eigenvalue weighted by Gasteiger charge is 2.25. The number of rotatable bonds is 4. The van der Waals surface area contributed by atoms with Crippen molar-refractivity contribution < 1.29 is 4.79 Å². The van der Waals surface area contributed by atoms with Crippen LogP contribution in [0.1, 0.15) is 47.9 Å². The number of H-pyrrole nitrogens is 1. The van der Waals surface area contributed by atoms with Gasteiger partial charge in [0.25, 0.3) is 5.91 Å². The molecule has 1 aromatic carbocycles. The van der Waals surface area contributed by atoms with Gasteiger partial charge in [-0.1, -0.05) is 44.2 Å². The van der Waals surface area contributed by atoms with Crippen molar-refractivity contribution in [3.05, 3.63) is 51.8 Å². The number of aromatic nitrogens is 2. The van der Waals surface area contributed by atoms with Gasteiger partial charge in [-0.3, -0.25) is 14.8 Å². The summed E-state index contributed by atoms with van der Waals surface area (Å²) in [6.45, 7) is 8.52. The van der Waals surface area contributed by atoms with Crippen LogP contribution in [0.4, 0.5) is 0 Å². The number of amides is 1. The van der Waals surface area contributed by atoms with E-state index in [4.69, 9.17) is 0 Å². The Morgan fingerprint density at radius 3 is 2.64 bits per heavy atom. The van der Waals surface area contributed by atoms with Crippen molar-refractivity contribution in [2.45, 2.75) is 32.7 Å². The number of hydrogen-bond acceptors (Lipinski definition) is 3. The molecule has 6 heteroatoms. The molecule has 1 amide bonds. The first-order chi connectivity index (χ1) is 12.1. The monoisotopic (exact) mass is 404 g/mol. The molecule has 134 valence electrons. The van der Waals surface area contributed by atoms with Crippen LogP contribution in [0.5, 0.6) is 0 Å². The van der Waals surface area contributed by atoms with Crippen LogP contribution >= 0.6 is 15.9 Å². The van der Waals surface area contributed by atoms with Gasteiger partial charge in [0.1, 0.15) is 0 Å². The molecule has 1 saturated heterocycles. The summed E-state index contributed by atoms with van der Waals surface area (Å²) in [6, 6.07) is 10.5. The van der Waals surface area contributed by atoms with E-state index in [1.165, 1.54) is 5.56 Å². The molecule has 0 bridgehead atoms. The van der Waals surface area contributed by atoms with E-state index in [-0.39, 0.29) is 5.91 Å². The Labute approximate surface area is 157 Å². The second-order valence-electron chi connectivity index (χ2n) is 6.86. The SMILES string of the molecule is CC(C)c1[nH]nc(C(=O)N2CCCN(Cc3ccccc3)CC2)c1Br. The number of carbonyl (C=O) groups is 1. The highest BCUT2D eigenvalue weighted by Crippen LogP contribution is 2.26. The lowest BCUT2D eigenvalue weighted by atomic mass is 10.1. The summed E-state index contributed by atoms with van der Waals surface area (Å²) >= 11 is 3.54. The predicted octanol–water partition coefficient (Wildman–Crippen LogP) is 3.64. The molecule has 0 unspecified atom stereocenters. The summed E-state index contributed by atoms with van der Waals surface area (Å²) in [6.07, 6.45) is 0.984. The number of nitrogens with one attached hydrogen (secondary N) is 1. The Balaban J connectivity index is 1.63. The summed E-state index contributed by atoms with van der Waals surface area (Å²) in [5.41, 5.74) is 2.79. The van der Waals surface area contributed by atoms with E-state index >= 15 is 0 Å².